The number of fused-ring (bicyclic) bond motifs is 1. The molecule has 22 heavy (non-hydrogen) atoms. The zero-order valence-electron chi connectivity index (χ0n) is 11.7. The van der Waals surface area contributed by atoms with Crippen LogP contribution < -0.4 is 10.0 Å². The number of unbranched alkanes of at least 4 members (excludes halogenated alkanes) is 2. The van der Waals surface area contributed by atoms with Gasteiger partial charge in [0.1, 0.15) is 10.7 Å². The molecule has 1 aliphatic heterocycles. The van der Waals surface area contributed by atoms with Crippen molar-refractivity contribution in [1.82, 2.24) is 4.72 Å². The Balaban J connectivity index is 1.96. The summed E-state index contributed by atoms with van der Waals surface area (Å²) >= 11 is 0. The fourth-order valence-corrected chi connectivity index (χ4v) is 3.14. The van der Waals surface area contributed by atoms with Crippen molar-refractivity contribution in [3.63, 3.8) is 0 Å². The van der Waals surface area contributed by atoms with Gasteiger partial charge in [-0.3, -0.25) is 9.79 Å². The molecule has 120 valence electrons. The third-order valence-corrected chi connectivity index (χ3v) is 4.41. The molecule has 9 heteroatoms. The molecule has 2 rings (SSSR count). The summed E-state index contributed by atoms with van der Waals surface area (Å²) in [6.45, 7) is 0.362. The predicted molar refractivity (Wildman–Crippen MR) is 78.8 cm³/mol. The lowest BCUT2D eigenvalue weighted by atomic mass is 10.2. The fraction of sp³-hybridized carbons (Fsp3) is 0.385. The molecule has 0 unspecified atom stereocenters. The third-order valence-electron chi connectivity index (χ3n) is 3.04. The zero-order chi connectivity index (χ0) is 16.2. The maximum atomic E-state index is 13.1. The smallest absolute Gasteiger partial charge is 0.303 e. The van der Waals surface area contributed by atoms with Crippen molar-refractivity contribution < 1.29 is 22.7 Å². The number of aliphatic carboxylic acids is 1. The molecule has 3 N–H and O–H groups in total. The summed E-state index contributed by atoms with van der Waals surface area (Å²) in [5, 5.41) is 11.3. The van der Waals surface area contributed by atoms with Crippen LogP contribution in [-0.4, -0.2) is 32.0 Å². The lowest BCUT2D eigenvalue weighted by Gasteiger charge is -2.21. The summed E-state index contributed by atoms with van der Waals surface area (Å²) in [6.07, 6.45) is 2.01. The van der Waals surface area contributed by atoms with Gasteiger partial charge in [-0.1, -0.05) is 6.42 Å². The molecule has 0 aliphatic carbocycles. The Labute approximate surface area is 127 Å². The largest absolute Gasteiger partial charge is 0.481 e. The minimum atomic E-state index is -3.83. The third kappa shape index (κ3) is 4.17. The summed E-state index contributed by atoms with van der Waals surface area (Å²) in [4.78, 5) is 14.3. The molecular weight excluding hydrogens is 313 g/mol. The topological polar surface area (TPSA) is 108 Å². The molecule has 0 saturated carbocycles. The highest BCUT2D eigenvalue weighted by Gasteiger charge is 2.26. The Kier molecular flexibility index (Phi) is 4.96. The summed E-state index contributed by atoms with van der Waals surface area (Å²) in [7, 11) is -3.83. The average Bonchev–Trinajstić information content (AvgIpc) is 2.43. The van der Waals surface area contributed by atoms with Gasteiger partial charge >= 0.3 is 5.97 Å². The van der Waals surface area contributed by atoms with Gasteiger partial charge in [0.2, 0.25) is 5.96 Å². The van der Waals surface area contributed by atoms with E-state index in [9.17, 15) is 17.6 Å². The molecule has 0 saturated heterocycles. The molecule has 0 amide bonds. The van der Waals surface area contributed by atoms with Crippen LogP contribution in [0.2, 0.25) is 0 Å². The Morgan fingerprint density at radius 3 is 2.77 bits per heavy atom. The Hall–Kier alpha value is -2.16. The van der Waals surface area contributed by atoms with Crippen LogP contribution in [0, 0.1) is 5.82 Å². The van der Waals surface area contributed by atoms with Crippen molar-refractivity contribution in [2.45, 2.75) is 30.6 Å². The second-order valence-corrected chi connectivity index (χ2v) is 6.46. The van der Waals surface area contributed by atoms with E-state index in [1.807, 2.05) is 0 Å². The van der Waals surface area contributed by atoms with Crippen molar-refractivity contribution in [3.8, 4) is 0 Å². The van der Waals surface area contributed by atoms with Crippen LogP contribution in [0.1, 0.15) is 25.7 Å². The lowest BCUT2D eigenvalue weighted by molar-refractivity contribution is -0.137. The van der Waals surface area contributed by atoms with Gasteiger partial charge in [0, 0.05) is 13.0 Å². The number of sulfonamides is 1. The Morgan fingerprint density at radius 1 is 1.27 bits per heavy atom. The summed E-state index contributed by atoms with van der Waals surface area (Å²) < 4.78 is 39.3. The second-order valence-electron chi connectivity index (χ2n) is 4.81. The van der Waals surface area contributed by atoms with E-state index in [0.29, 0.717) is 25.8 Å². The average molecular weight is 329 g/mol. The highest BCUT2D eigenvalue weighted by atomic mass is 32.2. The van der Waals surface area contributed by atoms with Crippen LogP contribution in [-0.2, 0) is 14.8 Å². The van der Waals surface area contributed by atoms with Gasteiger partial charge in [-0.2, -0.15) is 0 Å². The highest BCUT2D eigenvalue weighted by Crippen LogP contribution is 2.25. The summed E-state index contributed by atoms with van der Waals surface area (Å²) in [5.74, 6) is -1.39. The van der Waals surface area contributed by atoms with E-state index >= 15 is 0 Å². The van der Waals surface area contributed by atoms with E-state index in [2.05, 4.69) is 15.0 Å². The minimum Gasteiger partial charge on any atom is -0.481 e. The van der Waals surface area contributed by atoms with Gasteiger partial charge in [-0.25, -0.2) is 17.5 Å². The van der Waals surface area contributed by atoms with Gasteiger partial charge in [0.05, 0.1) is 5.69 Å². The second kappa shape index (κ2) is 6.73. The molecule has 0 aromatic heterocycles. The number of carboxylic acid groups (broad SMARTS) is 1. The van der Waals surface area contributed by atoms with E-state index in [1.54, 1.807) is 0 Å². The molecule has 0 fully saturated rings. The van der Waals surface area contributed by atoms with Gasteiger partial charge in [0.15, 0.2) is 0 Å². The molecule has 0 bridgehead atoms. The Bertz CT molecular complexity index is 703. The van der Waals surface area contributed by atoms with Crippen LogP contribution in [0.25, 0.3) is 0 Å². The number of carbonyl (C=O) groups is 1. The highest BCUT2D eigenvalue weighted by molar-refractivity contribution is 7.90. The number of aliphatic imine (C=N–C) groups is 1. The molecular formula is C13H16FN3O4S. The maximum Gasteiger partial charge on any atom is 0.303 e. The van der Waals surface area contributed by atoms with Crippen molar-refractivity contribution >= 4 is 27.6 Å². The first kappa shape index (κ1) is 16.2. The first-order chi connectivity index (χ1) is 10.4. The quantitative estimate of drug-likeness (QED) is 0.686. The number of nitrogens with one attached hydrogen (secondary N) is 2. The van der Waals surface area contributed by atoms with Crippen molar-refractivity contribution in [1.29, 1.82) is 0 Å². The van der Waals surface area contributed by atoms with Crippen LogP contribution in [0.15, 0.2) is 28.1 Å². The van der Waals surface area contributed by atoms with Crippen LogP contribution in [0.4, 0.5) is 10.1 Å². The maximum absolute atomic E-state index is 13.1. The lowest BCUT2D eigenvalue weighted by Crippen LogP contribution is -2.40. The van der Waals surface area contributed by atoms with Crippen molar-refractivity contribution in [2.24, 2.45) is 4.99 Å². The predicted octanol–water partition coefficient (Wildman–Crippen LogP) is 1.53. The van der Waals surface area contributed by atoms with Gasteiger partial charge in [-0.05, 0) is 31.0 Å². The number of carboxylic acids is 1. The number of rotatable bonds is 6. The first-order valence-electron chi connectivity index (χ1n) is 6.74. The number of nitrogens with zero attached hydrogens (tertiary/aromatic N) is 1. The molecule has 1 heterocycles. The van der Waals surface area contributed by atoms with Crippen molar-refractivity contribution in [3.05, 3.63) is 24.0 Å². The number of benzene rings is 1. The summed E-state index contributed by atoms with van der Waals surface area (Å²) in [5.41, 5.74) is 0.268. The molecule has 1 aliphatic rings. The zero-order valence-corrected chi connectivity index (χ0v) is 12.5. The van der Waals surface area contributed by atoms with Gasteiger partial charge < -0.3 is 10.4 Å². The molecule has 0 spiro atoms. The van der Waals surface area contributed by atoms with E-state index in [1.165, 1.54) is 6.07 Å². The van der Waals surface area contributed by atoms with Crippen LogP contribution in [0.3, 0.4) is 0 Å². The molecule has 0 radical (unpaired) electrons. The van der Waals surface area contributed by atoms with E-state index in [0.717, 1.165) is 12.1 Å². The summed E-state index contributed by atoms with van der Waals surface area (Å²) in [6, 6.07) is 3.44. The van der Waals surface area contributed by atoms with E-state index in [-0.39, 0.29) is 23.0 Å². The van der Waals surface area contributed by atoms with E-state index < -0.39 is 21.8 Å². The van der Waals surface area contributed by atoms with Crippen molar-refractivity contribution in [2.75, 3.05) is 11.9 Å². The fourth-order valence-electron chi connectivity index (χ4n) is 1.98. The number of hydrogen-bond acceptors (Lipinski definition) is 4. The van der Waals surface area contributed by atoms with Crippen LogP contribution in [0.5, 0.6) is 0 Å². The SMILES string of the molecule is O=C(O)CCCCCN=C1Nc2ccc(F)cc2S(=O)(=O)N1. The van der Waals surface area contributed by atoms with E-state index in [4.69, 9.17) is 5.11 Å². The number of halogens is 1. The van der Waals surface area contributed by atoms with Gasteiger partial charge in [0.25, 0.3) is 10.0 Å². The minimum absolute atomic E-state index is 0.0809. The normalized spacial score (nSPS) is 17.4. The molecule has 7 nitrogen and oxygen atoms in total. The Morgan fingerprint density at radius 2 is 2.05 bits per heavy atom. The number of guanidine groups is 1. The number of anilines is 1. The number of hydrogen-bond donors (Lipinski definition) is 3. The monoisotopic (exact) mass is 329 g/mol. The standard InChI is InChI=1S/C13H16FN3O4S/c14-9-5-6-10-11(8-9)22(20,21)17-13(16-10)15-7-3-1-2-4-12(18)19/h5-6,8H,1-4,7H2,(H,18,19)(H2,15,16,17). The molecule has 1 aromatic rings. The first-order valence-corrected chi connectivity index (χ1v) is 8.22. The van der Waals surface area contributed by atoms with Crippen LogP contribution >= 0.6 is 0 Å². The van der Waals surface area contributed by atoms with Gasteiger partial charge in [-0.15, -0.1) is 0 Å². The molecule has 1 aromatic carbocycles. The molecule has 0 atom stereocenters.